The van der Waals surface area contributed by atoms with Crippen molar-refractivity contribution < 1.29 is 19.0 Å². The zero-order chi connectivity index (χ0) is 14.7. The predicted octanol–water partition coefficient (Wildman–Crippen LogP) is 3.07. The first kappa shape index (κ1) is 13.6. The van der Waals surface area contributed by atoms with Crippen molar-refractivity contribution >= 4 is 5.97 Å². The molecule has 5 heteroatoms. The number of carboxylic acids is 1. The third-order valence-corrected chi connectivity index (χ3v) is 2.84. The Hall–Kier alpha value is -2.87. The summed E-state index contributed by atoms with van der Waals surface area (Å²) in [6, 6.07) is 10.0. The lowest BCUT2D eigenvalue weighted by Crippen LogP contribution is -2.01. The maximum Gasteiger partial charge on any atom is 0.336 e. The summed E-state index contributed by atoms with van der Waals surface area (Å²) in [5.74, 6) is -1.42. The zero-order valence-corrected chi connectivity index (χ0v) is 10.6. The number of hydrogen-bond donors (Lipinski definition) is 1. The molecule has 0 aromatic heterocycles. The fourth-order valence-corrected chi connectivity index (χ4v) is 1.86. The van der Waals surface area contributed by atoms with Gasteiger partial charge in [-0.25, -0.2) is 9.18 Å². The number of nitriles is 1. The lowest BCUT2D eigenvalue weighted by molar-refractivity contribution is 0.0697. The van der Waals surface area contributed by atoms with Crippen LogP contribution in [0.2, 0.25) is 0 Å². The standard InChI is InChI=1S/C15H10FNO3/c1-20-10-3-4-11(13(7-10)15(18)19)12-6-9(8-17)2-5-14(12)16/h2-7H,1H3,(H,18,19). The van der Waals surface area contributed by atoms with Gasteiger partial charge in [-0.1, -0.05) is 0 Å². The van der Waals surface area contributed by atoms with Gasteiger partial charge in [0.2, 0.25) is 0 Å². The second-order valence-electron chi connectivity index (χ2n) is 4.02. The third kappa shape index (κ3) is 2.45. The van der Waals surface area contributed by atoms with Crippen LogP contribution in [0.3, 0.4) is 0 Å². The SMILES string of the molecule is COc1ccc(-c2cc(C#N)ccc2F)c(C(=O)O)c1. The lowest BCUT2D eigenvalue weighted by atomic mass is 9.97. The summed E-state index contributed by atoms with van der Waals surface area (Å²) in [6.45, 7) is 0. The summed E-state index contributed by atoms with van der Waals surface area (Å²) in [5.41, 5.74) is 0.448. The van der Waals surface area contributed by atoms with Gasteiger partial charge in [-0.05, 0) is 42.0 Å². The number of halogens is 1. The number of benzene rings is 2. The van der Waals surface area contributed by atoms with E-state index in [1.54, 1.807) is 6.07 Å². The molecule has 0 atom stereocenters. The minimum Gasteiger partial charge on any atom is -0.497 e. The van der Waals surface area contributed by atoms with Gasteiger partial charge in [0, 0.05) is 5.56 Å². The molecule has 0 amide bonds. The topological polar surface area (TPSA) is 70.3 Å². The fraction of sp³-hybridized carbons (Fsp3) is 0.0667. The molecule has 0 spiro atoms. The first-order valence-electron chi connectivity index (χ1n) is 5.68. The number of carboxylic acid groups (broad SMARTS) is 1. The molecule has 0 aliphatic heterocycles. The van der Waals surface area contributed by atoms with Crippen LogP contribution in [0.4, 0.5) is 4.39 Å². The van der Waals surface area contributed by atoms with Crippen LogP contribution >= 0.6 is 0 Å². The first-order valence-corrected chi connectivity index (χ1v) is 5.68. The van der Waals surface area contributed by atoms with E-state index in [1.165, 1.54) is 31.4 Å². The number of carbonyl (C=O) groups is 1. The average molecular weight is 271 g/mol. The van der Waals surface area contributed by atoms with E-state index in [1.807, 2.05) is 6.07 Å². The summed E-state index contributed by atoms with van der Waals surface area (Å²) in [4.78, 5) is 11.3. The summed E-state index contributed by atoms with van der Waals surface area (Å²) in [5, 5.41) is 18.1. The van der Waals surface area contributed by atoms with E-state index in [0.29, 0.717) is 5.75 Å². The van der Waals surface area contributed by atoms with Gasteiger partial charge < -0.3 is 9.84 Å². The van der Waals surface area contributed by atoms with Crippen molar-refractivity contribution in [2.45, 2.75) is 0 Å². The summed E-state index contributed by atoms with van der Waals surface area (Å²) in [6.07, 6.45) is 0. The minimum atomic E-state index is -1.19. The molecule has 0 heterocycles. The summed E-state index contributed by atoms with van der Waals surface area (Å²) in [7, 11) is 1.41. The predicted molar refractivity (Wildman–Crippen MR) is 70.1 cm³/mol. The second-order valence-corrected chi connectivity index (χ2v) is 4.02. The highest BCUT2D eigenvalue weighted by Crippen LogP contribution is 2.30. The van der Waals surface area contributed by atoms with Gasteiger partial charge in [0.05, 0.1) is 24.3 Å². The van der Waals surface area contributed by atoms with Crippen molar-refractivity contribution in [1.29, 1.82) is 5.26 Å². The van der Waals surface area contributed by atoms with E-state index in [9.17, 15) is 14.3 Å². The minimum absolute atomic E-state index is 0.0732. The van der Waals surface area contributed by atoms with E-state index in [0.717, 1.165) is 6.07 Å². The Labute approximate surface area is 114 Å². The molecule has 2 rings (SSSR count). The number of methoxy groups -OCH3 is 1. The number of aromatic carboxylic acids is 1. The third-order valence-electron chi connectivity index (χ3n) is 2.84. The Kier molecular flexibility index (Phi) is 3.67. The van der Waals surface area contributed by atoms with Crippen molar-refractivity contribution in [2.24, 2.45) is 0 Å². The van der Waals surface area contributed by atoms with Gasteiger partial charge in [0.25, 0.3) is 0 Å². The van der Waals surface area contributed by atoms with Crippen molar-refractivity contribution in [2.75, 3.05) is 7.11 Å². The van der Waals surface area contributed by atoms with E-state index >= 15 is 0 Å². The van der Waals surface area contributed by atoms with Crippen LogP contribution in [0.1, 0.15) is 15.9 Å². The van der Waals surface area contributed by atoms with Crippen LogP contribution in [0, 0.1) is 17.1 Å². The highest BCUT2D eigenvalue weighted by atomic mass is 19.1. The number of nitrogens with zero attached hydrogens (tertiary/aromatic N) is 1. The van der Waals surface area contributed by atoms with Crippen LogP contribution in [-0.2, 0) is 0 Å². The van der Waals surface area contributed by atoms with Crippen molar-refractivity contribution in [3.05, 3.63) is 53.3 Å². The van der Waals surface area contributed by atoms with Crippen LogP contribution in [0.5, 0.6) is 5.75 Å². The van der Waals surface area contributed by atoms with Crippen LogP contribution in [0.15, 0.2) is 36.4 Å². The second kappa shape index (κ2) is 5.41. The molecule has 4 nitrogen and oxygen atoms in total. The Balaban J connectivity index is 2.69. The number of rotatable bonds is 3. The molecule has 0 aliphatic carbocycles. The lowest BCUT2D eigenvalue weighted by Gasteiger charge is -2.10. The molecule has 0 bridgehead atoms. The monoisotopic (exact) mass is 271 g/mol. The van der Waals surface area contributed by atoms with E-state index in [-0.39, 0.29) is 22.3 Å². The van der Waals surface area contributed by atoms with Crippen molar-refractivity contribution in [3.8, 4) is 22.9 Å². The summed E-state index contributed by atoms with van der Waals surface area (Å²) < 4.78 is 18.8. The Morgan fingerprint density at radius 3 is 2.60 bits per heavy atom. The van der Waals surface area contributed by atoms with Gasteiger partial charge in [-0.15, -0.1) is 0 Å². The maximum atomic E-state index is 13.9. The molecule has 0 aliphatic rings. The van der Waals surface area contributed by atoms with Gasteiger partial charge in [-0.3, -0.25) is 0 Å². The molecule has 0 saturated heterocycles. The molecule has 0 fully saturated rings. The Morgan fingerprint density at radius 1 is 1.25 bits per heavy atom. The Bertz CT molecular complexity index is 720. The van der Waals surface area contributed by atoms with Crippen molar-refractivity contribution in [1.82, 2.24) is 0 Å². The molecule has 0 radical (unpaired) electrons. The molecule has 0 unspecified atom stereocenters. The van der Waals surface area contributed by atoms with Crippen LogP contribution < -0.4 is 4.74 Å². The molecule has 1 N–H and O–H groups in total. The van der Waals surface area contributed by atoms with E-state index in [2.05, 4.69) is 0 Å². The quantitative estimate of drug-likeness (QED) is 0.931. The Morgan fingerprint density at radius 2 is 2.00 bits per heavy atom. The maximum absolute atomic E-state index is 13.9. The average Bonchev–Trinajstić information content (AvgIpc) is 2.47. The highest BCUT2D eigenvalue weighted by Gasteiger charge is 2.16. The molecular formula is C15H10FNO3. The largest absolute Gasteiger partial charge is 0.497 e. The highest BCUT2D eigenvalue weighted by molar-refractivity contribution is 5.96. The number of ether oxygens (including phenoxy) is 1. The van der Waals surface area contributed by atoms with Gasteiger partial charge in [0.1, 0.15) is 11.6 Å². The number of hydrogen-bond acceptors (Lipinski definition) is 3. The molecule has 2 aromatic rings. The normalized spacial score (nSPS) is 9.85. The van der Waals surface area contributed by atoms with Crippen LogP contribution in [-0.4, -0.2) is 18.2 Å². The molecule has 2 aromatic carbocycles. The molecule has 20 heavy (non-hydrogen) atoms. The van der Waals surface area contributed by atoms with Gasteiger partial charge in [-0.2, -0.15) is 5.26 Å². The molecular weight excluding hydrogens is 261 g/mol. The van der Waals surface area contributed by atoms with Crippen molar-refractivity contribution in [3.63, 3.8) is 0 Å². The van der Waals surface area contributed by atoms with E-state index in [4.69, 9.17) is 10.00 Å². The van der Waals surface area contributed by atoms with E-state index < -0.39 is 11.8 Å². The summed E-state index contributed by atoms with van der Waals surface area (Å²) >= 11 is 0. The molecule has 100 valence electrons. The molecule has 0 saturated carbocycles. The zero-order valence-electron chi connectivity index (χ0n) is 10.6. The first-order chi connectivity index (χ1) is 9.56. The van der Waals surface area contributed by atoms with Gasteiger partial charge in [0.15, 0.2) is 0 Å². The smallest absolute Gasteiger partial charge is 0.336 e. The van der Waals surface area contributed by atoms with Gasteiger partial charge >= 0.3 is 5.97 Å². The van der Waals surface area contributed by atoms with Crippen LogP contribution in [0.25, 0.3) is 11.1 Å². The fourth-order valence-electron chi connectivity index (χ4n) is 1.86.